The van der Waals surface area contributed by atoms with Crippen molar-refractivity contribution in [1.82, 2.24) is 16.0 Å². The van der Waals surface area contributed by atoms with Crippen LogP contribution in [0.3, 0.4) is 0 Å². The van der Waals surface area contributed by atoms with Crippen LogP contribution in [0.25, 0.3) is 0 Å². The van der Waals surface area contributed by atoms with Gasteiger partial charge in [-0.1, -0.05) is 0 Å². The molecule has 3 atom stereocenters. The number of aliphatic hydroxyl groups excluding tert-OH is 1. The monoisotopic (exact) mass is 171 g/mol. The Hall–Kier alpha value is -0.160. The molecule has 12 heavy (non-hydrogen) atoms. The molecule has 0 amide bonds. The first kappa shape index (κ1) is 8.44. The second kappa shape index (κ2) is 3.70. The van der Waals surface area contributed by atoms with Gasteiger partial charge in [-0.05, 0) is 12.3 Å². The standard InChI is InChI=1S/C8H17N3O/c12-5-6-3-7-8(11-4-6)10-2-1-9-7/h6-12H,1-5H2. The smallest absolute Gasteiger partial charge is 0.0730 e. The summed E-state index contributed by atoms with van der Waals surface area (Å²) in [5.74, 6) is 0.429. The van der Waals surface area contributed by atoms with Crippen LogP contribution in [0, 0.1) is 5.92 Å². The zero-order valence-electron chi connectivity index (χ0n) is 7.21. The minimum absolute atomic E-state index is 0.303. The number of hydrogen-bond donors (Lipinski definition) is 4. The van der Waals surface area contributed by atoms with Gasteiger partial charge in [0.25, 0.3) is 0 Å². The summed E-state index contributed by atoms with van der Waals surface area (Å²) >= 11 is 0. The Morgan fingerprint density at radius 3 is 2.83 bits per heavy atom. The zero-order chi connectivity index (χ0) is 8.39. The van der Waals surface area contributed by atoms with Crippen molar-refractivity contribution in [3.8, 4) is 0 Å². The van der Waals surface area contributed by atoms with E-state index in [-0.39, 0.29) is 0 Å². The normalized spacial score (nSPS) is 42.2. The summed E-state index contributed by atoms with van der Waals surface area (Å²) in [7, 11) is 0. The molecule has 0 saturated carbocycles. The van der Waals surface area contributed by atoms with E-state index in [4.69, 9.17) is 5.11 Å². The van der Waals surface area contributed by atoms with Crippen molar-refractivity contribution in [3.63, 3.8) is 0 Å². The Morgan fingerprint density at radius 1 is 1.17 bits per heavy atom. The van der Waals surface area contributed by atoms with Gasteiger partial charge in [0.05, 0.1) is 6.17 Å². The highest BCUT2D eigenvalue weighted by Crippen LogP contribution is 2.14. The third kappa shape index (κ3) is 1.61. The highest BCUT2D eigenvalue weighted by Gasteiger charge is 2.30. The fraction of sp³-hybridized carbons (Fsp3) is 1.00. The third-order valence-corrected chi connectivity index (χ3v) is 2.77. The maximum Gasteiger partial charge on any atom is 0.0730 e. The molecule has 4 nitrogen and oxygen atoms in total. The quantitative estimate of drug-likeness (QED) is 0.387. The van der Waals surface area contributed by atoms with Gasteiger partial charge in [0, 0.05) is 32.3 Å². The topological polar surface area (TPSA) is 56.3 Å². The summed E-state index contributed by atoms with van der Waals surface area (Å²) in [5.41, 5.74) is 0. The van der Waals surface area contributed by atoms with Crippen molar-refractivity contribution in [3.05, 3.63) is 0 Å². The number of piperazine rings is 1. The summed E-state index contributed by atoms with van der Waals surface area (Å²) in [5, 5.41) is 19.2. The largest absolute Gasteiger partial charge is 0.396 e. The van der Waals surface area contributed by atoms with Crippen LogP contribution in [0.2, 0.25) is 0 Å². The molecule has 3 unspecified atom stereocenters. The molecule has 0 aliphatic carbocycles. The van der Waals surface area contributed by atoms with E-state index in [0.717, 1.165) is 26.1 Å². The molecular formula is C8H17N3O. The first-order valence-electron chi connectivity index (χ1n) is 4.71. The van der Waals surface area contributed by atoms with Crippen LogP contribution < -0.4 is 16.0 Å². The Kier molecular flexibility index (Phi) is 2.60. The van der Waals surface area contributed by atoms with E-state index in [9.17, 15) is 0 Å². The molecule has 0 aromatic carbocycles. The van der Waals surface area contributed by atoms with Crippen molar-refractivity contribution in [2.45, 2.75) is 18.6 Å². The molecule has 0 aromatic heterocycles. The number of aliphatic hydroxyl groups is 1. The molecule has 70 valence electrons. The number of piperidine rings is 1. The van der Waals surface area contributed by atoms with E-state index in [1.807, 2.05) is 0 Å². The first-order valence-corrected chi connectivity index (χ1v) is 4.71. The molecule has 0 radical (unpaired) electrons. The van der Waals surface area contributed by atoms with Crippen LogP contribution in [0.5, 0.6) is 0 Å². The number of fused-ring (bicyclic) bond motifs is 1. The molecule has 2 rings (SSSR count). The lowest BCUT2D eigenvalue weighted by atomic mass is 9.93. The number of nitrogens with one attached hydrogen (secondary N) is 3. The summed E-state index contributed by atoms with van der Waals surface area (Å²) in [4.78, 5) is 0. The predicted molar refractivity (Wildman–Crippen MR) is 46.8 cm³/mol. The molecule has 2 aliphatic heterocycles. The maximum atomic E-state index is 8.99. The highest BCUT2D eigenvalue weighted by atomic mass is 16.3. The van der Waals surface area contributed by atoms with Crippen molar-refractivity contribution in [2.75, 3.05) is 26.2 Å². The minimum Gasteiger partial charge on any atom is -0.396 e. The zero-order valence-corrected chi connectivity index (χ0v) is 7.21. The van der Waals surface area contributed by atoms with Crippen LogP contribution in [-0.2, 0) is 0 Å². The Labute approximate surface area is 72.7 Å². The Morgan fingerprint density at radius 2 is 2.00 bits per heavy atom. The minimum atomic E-state index is 0.303. The molecule has 2 heterocycles. The fourth-order valence-corrected chi connectivity index (χ4v) is 2.05. The molecule has 0 aromatic rings. The van der Waals surface area contributed by atoms with E-state index in [0.29, 0.717) is 24.7 Å². The second-order valence-electron chi connectivity index (χ2n) is 3.68. The summed E-state index contributed by atoms with van der Waals surface area (Å²) in [6, 6.07) is 0.504. The van der Waals surface area contributed by atoms with E-state index >= 15 is 0 Å². The summed E-state index contributed by atoms with van der Waals surface area (Å²) in [6.45, 7) is 3.32. The highest BCUT2D eigenvalue weighted by molar-refractivity contribution is 4.91. The lowest BCUT2D eigenvalue weighted by molar-refractivity contribution is 0.134. The Balaban J connectivity index is 1.90. The molecular weight excluding hydrogens is 154 g/mol. The molecule has 0 bridgehead atoms. The lowest BCUT2D eigenvalue weighted by Crippen LogP contribution is -2.66. The van der Waals surface area contributed by atoms with Crippen molar-refractivity contribution in [1.29, 1.82) is 0 Å². The van der Waals surface area contributed by atoms with Gasteiger partial charge in [-0.25, -0.2) is 0 Å². The van der Waals surface area contributed by atoms with Gasteiger partial charge < -0.3 is 15.7 Å². The average molecular weight is 171 g/mol. The molecule has 0 spiro atoms. The van der Waals surface area contributed by atoms with E-state index < -0.39 is 0 Å². The average Bonchev–Trinajstić information content (AvgIpc) is 2.17. The second-order valence-corrected chi connectivity index (χ2v) is 3.68. The van der Waals surface area contributed by atoms with Gasteiger partial charge in [0.15, 0.2) is 0 Å². The predicted octanol–water partition coefficient (Wildman–Crippen LogP) is -1.52. The van der Waals surface area contributed by atoms with E-state index in [1.165, 1.54) is 0 Å². The van der Waals surface area contributed by atoms with E-state index in [1.54, 1.807) is 0 Å². The van der Waals surface area contributed by atoms with Gasteiger partial charge in [0.2, 0.25) is 0 Å². The van der Waals surface area contributed by atoms with Crippen LogP contribution in [0.1, 0.15) is 6.42 Å². The first-order chi connectivity index (χ1) is 5.90. The summed E-state index contributed by atoms with van der Waals surface area (Å²) < 4.78 is 0. The molecule has 2 saturated heterocycles. The molecule has 4 heteroatoms. The van der Waals surface area contributed by atoms with Crippen LogP contribution in [0.4, 0.5) is 0 Å². The molecule has 4 N–H and O–H groups in total. The van der Waals surface area contributed by atoms with Crippen molar-refractivity contribution < 1.29 is 5.11 Å². The lowest BCUT2D eigenvalue weighted by Gasteiger charge is -2.40. The van der Waals surface area contributed by atoms with Gasteiger partial charge >= 0.3 is 0 Å². The van der Waals surface area contributed by atoms with Crippen LogP contribution in [0.15, 0.2) is 0 Å². The van der Waals surface area contributed by atoms with Gasteiger partial charge in [-0.15, -0.1) is 0 Å². The molecule has 2 aliphatic rings. The van der Waals surface area contributed by atoms with Crippen LogP contribution in [-0.4, -0.2) is 43.6 Å². The number of rotatable bonds is 1. The SMILES string of the molecule is OCC1CNC2NCCNC2C1. The Bertz CT molecular complexity index is 153. The van der Waals surface area contributed by atoms with Crippen LogP contribution >= 0.6 is 0 Å². The van der Waals surface area contributed by atoms with Crippen molar-refractivity contribution >= 4 is 0 Å². The molecule has 2 fully saturated rings. The maximum absolute atomic E-state index is 8.99. The third-order valence-electron chi connectivity index (χ3n) is 2.77. The summed E-state index contributed by atoms with van der Waals surface area (Å²) in [6.07, 6.45) is 1.50. The fourth-order valence-electron chi connectivity index (χ4n) is 2.05. The van der Waals surface area contributed by atoms with Crippen molar-refractivity contribution in [2.24, 2.45) is 5.92 Å². The van der Waals surface area contributed by atoms with Gasteiger partial charge in [-0.2, -0.15) is 0 Å². The van der Waals surface area contributed by atoms with Gasteiger partial charge in [0.1, 0.15) is 0 Å². The number of hydrogen-bond acceptors (Lipinski definition) is 4. The van der Waals surface area contributed by atoms with Gasteiger partial charge in [-0.3, -0.25) is 5.32 Å². The van der Waals surface area contributed by atoms with E-state index in [2.05, 4.69) is 16.0 Å².